The van der Waals surface area contributed by atoms with Gasteiger partial charge in [0.1, 0.15) is 24.9 Å². The van der Waals surface area contributed by atoms with Crippen LogP contribution in [-0.4, -0.2) is 49.1 Å². The zero-order valence-electron chi connectivity index (χ0n) is 12.8. The van der Waals surface area contributed by atoms with Gasteiger partial charge in [-0.2, -0.15) is 0 Å². The zero-order chi connectivity index (χ0) is 19.0. The number of benzene rings is 1. The number of alkyl halides is 3. The molecule has 24 heavy (non-hydrogen) atoms. The Bertz CT molecular complexity index is 613. The molecule has 1 rings (SSSR count). The molecular weight excluding hydrogens is 427 g/mol. The molecule has 0 atom stereocenters. The fraction of sp³-hybridized carbons (Fsp3) is 0.417. The van der Waals surface area contributed by atoms with Gasteiger partial charge >= 0.3 is 6.16 Å². The molecule has 0 amide bonds. The third kappa shape index (κ3) is 12.9. The molecule has 0 aliphatic carbocycles. The highest BCUT2D eigenvalue weighted by Crippen LogP contribution is 2.26. The first-order chi connectivity index (χ1) is 10.8. The minimum Gasteiger partial charge on any atom is -0.726 e. The quantitative estimate of drug-likeness (QED) is 0.177. The molecule has 12 heteroatoms. The highest BCUT2D eigenvalue weighted by atomic mass is 35.6. The van der Waals surface area contributed by atoms with Crippen LogP contribution in [0.3, 0.4) is 0 Å². The van der Waals surface area contributed by atoms with Crippen molar-refractivity contribution < 1.29 is 31.4 Å². The van der Waals surface area contributed by atoms with Crippen LogP contribution in [0.2, 0.25) is 0 Å². The lowest BCUT2D eigenvalue weighted by molar-refractivity contribution is 0.101. The number of halogens is 3. The van der Waals surface area contributed by atoms with Crippen LogP contribution in [0.25, 0.3) is 0 Å². The van der Waals surface area contributed by atoms with E-state index in [9.17, 15) is 17.8 Å². The second-order valence-electron chi connectivity index (χ2n) is 4.12. The fourth-order valence-corrected chi connectivity index (χ4v) is 1.89. The van der Waals surface area contributed by atoms with Crippen molar-refractivity contribution in [3.8, 4) is 5.75 Å². The van der Waals surface area contributed by atoms with Crippen LogP contribution < -0.4 is 4.74 Å². The second-order valence-corrected chi connectivity index (χ2v) is 9.89. The topological polar surface area (TPSA) is 102 Å². The molecule has 0 heterocycles. The van der Waals surface area contributed by atoms with Crippen molar-refractivity contribution in [3.05, 3.63) is 24.3 Å². The van der Waals surface area contributed by atoms with Crippen LogP contribution in [0.4, 0.5) is 4.79 Å². The minimum atomic E-state index is -4.41. The largest absolute Gasteiger partial charge is 0.726 e. The van der Waals surface area contributed by atoms with Gasteiger partial charge in [-0.05, 0) is 24.3 Å². The average Bonchev–Trinajstić information content (AvgIpc) is 2.45. The van der Waals surface area contributed by atoms with Crippen molar-refractivity contribution in [1.29, 1.82) is 0 Å². The molecule has 0 aromatic heterocycles. The van der Waals surface area contributed by atoms with Crippen molar-refractivity contribution in [2.45, 2.75) is 8.69 Å². The van der Waals surface area contributed by atoms with Crippen LogP contribution in [0, 0.1) is 0 Å². The highest BCUT2D eigenvalue weighted by molar-refractivity contribution is 7.95. The van der Waals surface area contributed by atoms with Crippen molar-refractivity contribution in [1.82, 2.24) is 0 Å². The number of hydrogen-bond donors (Lipinski definition) is 0. The van der Waals surface area contributed by atoms with E-state index in [0.29, 0.717) is 5.75 Å². The monoisotopic (exact) mass is 440 g/mol. The first-order valence-electron chi connectivity index (χ1n) is 5.94. The molecule has 138 valence electrons. The predicted octanol–water partition coefficient (Wildman–Crippen LogP) is 2.90. The highest BCUT2D eigenvalue weighted by Gasteiger charge is 2.23. The summed E-state index contributed by atoms with van der Waals surface area (Å²) in [6.07, 6.45) is 3.30. The molecule has 0 fully saturated rings. The van der Waals surface area contributed by atoms with Crippen LogP contribution in [0.15, 0.2) is 29.2 Å². The molecule has 0 aliphatic heterocycles. The summed E-state index contributed by atoms with van der Waals surface area (Å²) in [7, 11) is -3.44. The van der Waals surface area contributed by atoms with Crippen molar-refractivity contribution in [2.75, 3.05) is 26.2 Å². The number of carbonyl (C=O) groups excluding carboxylic acids is 1. The normalized spacial score (nSPS) is 11.5. The van der Waals surface area contributed by atoms with Crippen LogP contribution in [-0.2, 0) is 30.2 Å². The van der Waals surface area contributed by atoms with Gasteiger partial charge in [0.25, 0.3) is 0 Å². The van der Waals surface area contributed by atoms with Crippen molar-refractivity contribution in [2.24, 2.45) is 0 Å². The number of carbonyl (C=O) groups is 1. The van der Waals surface area contributed by atoms with Gasteiger partial charge in [-0.15, -0.1) is 0 Å². The van der Waals surface area contributed by atoms with Gasteiger partial charge in [0.2, 0.25) is 14.2 Å². The summed E-state index contributed by atoms with van der Waals surface area (Å²) < 4.78 is 38.9. The summed E-state index contributed by atoms with van der Waals surface area (Å²) in [5.74, 6) is 0.388. The molecular formula is C12H15Cl3O7S2. The second kappa shape index (κ2) is 10.5. The Morgan fingerprint density at radius 2 is 1.67 bits per heavy atom. The summed E-state index contributed by atoms with van der Waals surface area (Å²) >= 11 is 16.3. The maximum atomic E-state index is 11.3. The summed E-state index contributed by atoms with van der Waals surface area (Å²) in [6, 6.07) is 7.17. The predicted molar refractivity (Wildman–Crippen MR) is 92.9 cm³/mol. The van der Waals surface area contributed by atoms with Crippen LogP contribution >= 0.6 is 34.8 Å². The van der Waals surface area contributed by atoms with E-state index in [1.807, 2.05) is 12.1 Å². The smallest absolute Gasteiger partial charge is 0.513 e. The van der Waals surface area contributed by atoms with Crippen molar-refractivity contribution >= 4 is 62.3 Å². The van der Waals surface area contributed by atoms with Crippen LogP contribution in [0.5, 0.6) is 5.75 Å². The van der Waals surface area contributed by atoms with E-state index in [2.05, 4.69) is 21.4 Å². The molecule has 0 N–H and O–H groups in total. The molecule has 0 aliphatic rings. The lowest BCUT2D eigenvalue weighted by Gasteiger charge is -2.11. The first kappa shape index (κ1) is 23.6. The molecule has 0 spiro atoms. The van der Waals surface area contributed by atoms with E-state index in [1.165, 1.54) is 4.90 Å². The zero-order valence-corrected chi connectivity index (χ0v) is 16.7. The molecule has 0 bridgehead atoms. The average molecular weight is 442 g/mol. The first-order valence-corrected chi connectivity index (χ1v) is 10.5. The number of hydrogen-bond acceptors (Lipinski definition) is 7. The fourth-order valence-electron chi connectivity index (χ4n) is 1.05. The van der Waals surface area contributed by atoms with E-state index in [4.69, 9.17) is 39.5 Å². The van der Waals surface area contributed by atoms with Gasteiger partial charge in [-0.25, -0.2) is 13.2 Å². The molecule has 1 aromatic carbocycles. The van der Waals surface area contributed by atoms with Crippen LogP contribution in [0.1, 0.15) is 0 Å². The maximum absolute atomic E-state index is 11.3. The summed E-state index contributed by atoms with van der Waals surface area (Å²) in [4.78, 5) is 12.4. The Balaban J connectivity index is 0.000000754. The van der Waals surface area contributed by atoms with Gasteiger partial charge in [-0.3, -0.25) is 4.18 Å². The number of ether oxygens (including phenoxy) is 2. The molecule has 0 radical (unpaired) electrons. The van der Waals surface area contributed by atoms with Crippen molar-refractivity contribution in [3.63, 3.8) is 0 Å². The lowest BCUT2D eigenvalue weighted by Crippen LogP contribution is -2.19. The molecule has 0 saturated heterocycles. The van der Waals surface area contributed by atoms with E-state index in [0.717, 1.165) is 7.11 Å². The molecule has 0 saturated carbocycles. The SMILES string of the molecule is COS(=O)(=O)[O-].C[S+](C)c1ccc(OC(=O)OCC(Cl)(Cl)Cl)cc1. The summed E-state index contributed by atoms with van der Waals surface area (Å²) in [5.41, 5.74) is 0. The Kier molecular flexibility index (Phi) is 10.4. The van der Waals surface area contributed by atoms with Gasteiger partial charge in [0, 0.05) is 10.9 Å². The Hall–Kier alpha value is -0.420. The maximum Gasteiger partial charge on any atom is 0.513 e. The lowest BCUT2D eigenvalue weighted by atomic mass is 10.3. The van der Waals surface area contributed by atoms with Gasteiger partial charge in [0.15, 0.2) is 4.90 Å². The summed E-state index contributed by atoms with van der Waals surface area (Å²) in [6.45, 7) is -0.359. The standard InChI is InChI=1S/C11H12Cl3O3S.CH4O4S/c1-18(2)9-5-3-8(4-6-9)17-10(15)16-7-11(12,13)14;1-5-6(2,3)4/h3-6H,7H2,1-2H3;1H3,(H,2,3,4)/q+1;/p-1. The molecule has 7 nitrogen and oxygen atoms in total. The molecule has 1 aromatic rings. The Morgan fingerprint density at radius 3 is 2.00 bits per heavy atom. The third-order valence-electron chi connectivity index (χ3n) is 2.05. The van der Waals surface area contributed by atoms with E-state index >= 15 is 0 Å². The Labute approximate surface area is 158 Å². The Morgan fingerprint density at radius 1 is 1.21 bits per heavy atom. The van der Waals surface area contributed by atoms with E-state index in [-0.39, 0.29) is 17.5 Å². The minimum absolute atomic E-state index is 0.161. The third-order valence-corrected chi connectivity index (χ3v) is 4.00. The van der Waals surface area contributed by atoms with E-state index < -0.39 is 20.3 Å². The van der Waals surface area contributed by atoms with E-state index in [1.54, 1.807) is 12.1 Å². The van der Waals surface area contributed by atoms with Gasteiger partial charge in [0.05, 0.1) is 7.11 Å². The summed E-state index contributed by atoms with van der Waals surface area (Å²) in [5, 5.41) is 0. The number of rotatable bonds is 4. The van der Waals surface area contributed by atoms with Gasteiger partial charge in [-0.1, -0.05) is 34.8 Å². The molecule has 0 unspecified atom stereocenters. The van der Waals surface area contributed by atoms with Gasteiger partial charge < -0.3 is 14.0 Å².